The van der Waals surface area contributed by atoms with Crippen LogP contribution in [0.25, 0.3) is 0 Å². The minimum Gasteiger partial charge on any atom is -0.484 e. The van der Waals surface area contributed by atoms with E-state index in [1.807, 2.05) is 12.1 Å². The highest BCUT2D eigenvalue weighted by Gasteiger charge is 2.17. The van der Waals surface area contributed by atoms with E-state index in [0.717, 1.165) is 22.9 Å². The lowest BCUT2D eigenvalue weighted by molar-refractivity contribution is -0.123. The maximum atomic E-state index is 12.1. The second-order valence-corrected chi connectivity index (χ2v) is 10.1. The zero-order chi connectivity index (χ0) is 21.8. The second-order valence-electron chi connectivity index (χ2n) is 7.98. The fourth-order valence-electron chi connectivity index (χ4n) is 2.74. The summed E-state index contributed by atoms with van der Waals surface area (Å²) in [7, 11) is -3.33. The van der Waals surface area contributed by atoms with Gasteiger partial charge in [-0.3, -0.25) is 9.52 Å². The van der Waals surface area contributed by atoms with Crippen LogP contribution in [0.2, 0.25) is 5.02 Å². The Kier molecular flexibility index (Phi) is 7.19. The van der Waals surface area contributed by atoms with Crippen LogP contribution < -0.4 is 14.8 Å². The van der Waals surface area contributed by atoms with E-state index in [1.165, 1.54) is 0 Å². The van der Waals surface area contributed by atoms with Crippen LogP contribution in [0.15, 0.2) is 36.4 Å². The van der Waals surface area contributed by atoms with Crippen molar-refractivity contribution in [1.82, 2.24) is 5.32 Å². The molecule has 0 saturated carbocycles. The van der Waals surface area contributed by atoms with Gasteiger partial charge in [-0.25, -0.2) is 8.42 Å². The molecule has 0 fully saturated rings. The summed E-state index contributed by atoms with van der Waals surface area (Å²) in [6.07, 6.45) is 1.10. The van der Waals surface area contributed by atoms with Gasteiger partial charge in [0.25, 0.3) is 5.91 Å². The van der Waals surface area contributed by atoms with E-state index in [9.17, 15) is 13.2 Å². The minimum atomic E-state index is -3.33. The van der Waals surface area contributed by atoms with Crippen molar-refractivity contribution >= 4 is 33.2 Å². The number of nitrogens with one attached hydrogen (secondary N) is 2. The van der Waals surface area contributed by atoms with Crippen LogP contribution in [0.1, 0.15) is 37.5 Å². The van der Waals surface area contributed by atoms with Crippen LogP contribution in [0, 0.1) is 6.92 Å². The molecule has 1 amide bonds. The Hall–Kier alpha value is -2.25. The van der Waals surface area contributed by atoms with Gasteiger partial charge in [-0.1, -0.05) is 50.6 Å². The Morgan fingerprint density at radius 3 is 2.38 bits per heavy atom. The van der Waals surface area contributed by atoms with Crippen molar-refractivity contribution in [1.29, 1.82) is 0 Å². The van der Waals surface area contributed by atoms with Gasteiger partial charge in [-0.2, -0.15) is 0 Å². The molecule has 0 saturated heterocycles. The van der Waals surface area contributed by atoms with Crippen molar-refractivity contribution in [2.75, 3.05) is 17.6 Å². The molecule has 0 aromatic heterocycles. The summed E-state index contributed by atoms with van der Waals surface area (Å²) in [6, 6.07) is 10.7. The van der Waals surface area contributed by atoms with Gasteiger partial charge in [-0.05, 0) is 47.2 Å². The van der Waals surface area contributed by atoms with Crippen LogP contribution in [0.5, 0.6) is 5.75 Å². The molecule has 29 heavy (non-hydrogen) atoms. The van der Waals surface area contributed by atoms with Gasteiger partial charge in [0.15, 0.2) is 6.61 Å². The minimum absolute atomic E-state index is 0.0719. The fraction of sp³-hybridized carbons (Fsp3) is 0.381. The SMILES string of the molecule is Cc1cc(CNC(=O)COc2ccc(C(C)(C)C)c(Cl)c2)ccc1NS(C)(=O)=O. The van der Waals surface area contributed by atoms with Gasteiger partial charge in [0, 0.05) is 11.6 Å². The van der Waals surface area contributed by atoms with Crippen molar-refractivity contribution in [3.63, 3.8) is 0 Å². The molecule has 0 spiro atoms. The predicted molar refractivity (Wildman–Crippen MR) is 117 cm³/mol. The van der Waals surface area contributed by atoms with E-state index in [1.54, 1.807) is 31.2 Å². The molecule has 0 atom stereocenters. The second kappa shape index (κ2) is 9.05. The topological polar surface area (TPSA) is 84.5 Å². The third-order valence-electron chi connectivity index (χ3n) is 4.19. The van der Waals surface area contributed by atoms with Crippen molar-refractivity contribution in [2.45, 2.75) is 39.7 Å². The standard InChI is InChI=1S/C21H27ClN2O4S/c1-14-10-15(6-9-19(14)24-29(5,26)27)12-23-20(25)13-28-16-7-8-17(18(22)11-16)21(2,3)4/h6-11,24H,12-13H2,1-5H3,(H,23,25). The van der Waals surface area contributed by atoms with Crippen molar-refractivity contribution < 1.29 is 17.9 Å². The molecule has 0 heterocycles. The van der Waals surface area contributed by atoms with Crippen molar-refractivity contribution in [2.24, 2.45) is 0 Å². The van der Waals surface area contributed by atoms with E-state index >= 15 is 0 Å². The number of carbonyl (C=O) groups excluding carboxylic acids is 1. The van der Waals surface area contributed by atoms with E-state index in [2.05, 4.69) is 30.8 Å². The third kappa shape index (κ3) is 7.25. The summed E-state index contributed by atoms with van der Waals surface area (Å²) >= 11 is 6.31. The molecule has 0 aliphatic rings. The number of aryl methyl sites for hydroxylation is 1. The van der Waals surface area contributed by atoms with Gasteiger partial charge in [-0.15, -0.1) is 0 Å². The van der Waals surface area contributed by atoms with Crippen LogP contribution in [-0.2, 0) is 26.8 Å². The van der Waals surface area contributed by atoms with Crippen LogP contribution in [0.4, 0.5) is 5.69 Å². The van der Waals surface area contributed by atoms with E-state index < -0.39 is 10.0 Å². The lowest BCUT2D eigenvalue weighted by Gasteiger charge is -2.21. The number of sulfonamides is 1. The zero-order valence-corrected chi connectivity index (χ0v) is 18.9. The van der Waals surface area contributed by atoms with Crippen LogP contribution >= 0.6 is 11.6 Å². The molecule has 0 aliphatic carbocycles. The lowest BCUT2D eigenvalue weighted by atomic mass is 9.87. The maximum Gasteiger partial charge on any atom is 0.258 e. The molecular formula is C21H27ClN2O4S. The van der Waals surface area contributed by atoms with Gasteiger partial charge in [0.1, 0.15) is 5.75 Å². The normalized spacial score (nSPS) is 11.8. The van der Waals surface area contributed by atoms with Crippen LogP contribution in [0.3, 0.4) is 0 Å². The van der Waals surface area contributed by atoms with Crippen LogP contribution in [-0.4, -0.2) is 27.2 Å². The first-order valence-electron chi connectivity index (χ1n) is 9.12. The maximum absolute atomic E-state index is 12.1. The molecule has 2 aromatic rings. The Balaban J connectivity index is 1.89. The highest BCUT2D eigenvalue weighted by Crippen LogP contribution is 2.32. The fourth-order valence-corrected chi connectivity index (χ4v) is 3.83. The number of hydrogen-bond acceptors (Lipinski definition) is 4. The summed E-state index contributed by atoms with van der Waals surface area (Å²) in [5.74, 6) is 0.266. The third-order valence-corrected chi connectivity index (χ3v) is 5.10. The highest BCUT2D eigenvalue weighted by atomic mass is 35.5. The zero-order valence-electron chi connectivity index (χ0n) is 17.3. The molecule has 8 heteroatoms. The first-order chi connectivity index (χ1) is 13.3. The number of amides is 1. The lowest BCUT2D eigenvalue weighted by Crippen LogP contribution is -2.28. The average molecular weight is 439 g/mol. The first-order valence-corrected chi connectivity index (χ1v) is 11.4. The number of hydrogen-bond donors (Lipinski definition) is 2. The quantitative estimate of drug-likeness (QED) is 0.683. The van der Waals surface area contributed by atoms with Gasteiger partial charge in [0.2, 0.25) is 10.0 Å². The van der Waals surface area contributed by atoms with E-state index in [-0.39, 0.29) is 17.9 Å². The molecule has 2 rings (SSSR count). The van der Waals surface area contributed by atoms with Crippen molar-refractivity contribution in [3.05, 3.63) is 58.1 Å². The Morgan fingerprint density at radius 2 is 1.83 bits per heavy atom. The monoisotopic (exact) mass is 438 g/mol. The molecule has 0 radical (unpaired) electrons. The molecule has 2 N–H and O–H groups in total. The number of carbonyl (C=O) groups is 1. The predicted octanol–water partition coefficient (Wildman–Crippen LogP) is 4.01. The van der Waals surface area contributed by atoms with Gasteiger partial charge < -0.3 is 10.1 Å². The highest BCUT2D eigenvalue weighted by molar-refractivity contribution is 7.92. The smallest absolute Gasteiger partial charge is 0.258 e. The Bertz CT molecular complexity index is 998. The van der Waals surface area contributed by atoms with E-state index in [0.29, 0.717) is 23.0 Å². The number of anilines is 1. The average Bonchev–Trinajstić information content (AvgIpc) is 2.58. The summed E-state index contributed by atoms with van der Waals surface area (Å²) in [5.41, 5.74) is 3.08. The van der Waals surface area contributed by atoms with E-state index in [4.69, 9.17) is 16.3 Å². The summed E-state index contributed by atoms with van der Waals surface area (Å²) < 4.78 is 30.7. The van der Waals surface area contributed by atoms with Gasteiger partial charge >= 0.3 is 0 Å². The van der Waals surface area contributed by atoms with Crippen molar-refractivity contribution in [3.8, 4) is 5.75 Å². The molecule has 0 bridgehead atoms. The largest absolute Gasteiger partial charge is 0.484 e. The molecular weight excluding hydrogens is 412 g/mol. The number of halogens is 1. The molecule has 6 nitrogen and oxygen atoms in total. The first kappa shape index (κ1) is 23.0. The Labute approximate surface area is 177 Å². The molecule has 2 aromatic carbocycles. The number of ether oxygens (including phenoxy) is 1. The molecule has 158 valence electrons. The summed E-state index contributed by atoms with van der Waals surface area (Å²) in [6.45, 7) is 8.21. The summed E-state index contributed by atoms with van der Waals surface area (Å²) in [4.78, 5) is 12.1. The number of rotatable bonds is 7. The number of benzene rings is 2. The van der Waals surface area contributed by atoms with Gasteiger partial charge in [0.05, 0.1) is 11.9 Å². The Morgan fingerprint density at radius 1 is 1.14 bits per heavy atom. The molecule has 0 aliphatic heterocycles. The summed E-state index contributed by atoms with van der Waals surface area (Å²) in [5, 5.41) is 3.38. The molecule has 0 unspecified atom stereocenters.